The van der Waals surface area contributed by atoms with Crippen LogP contribution >= 0.6 is 0 Å². The zero-order valence-corrected chi connectivity index (χ0v) is 12.5. The van der Waals surface area contributed by atoms with Gasteiger partial charge in [-0.25, -0.2) is 4.79 Å². The predicted octanol–water partition coefficient (Wildman–Crippen LogP) is 3.42. The lowest BCUT2D eigenvalue weighted by molar-refractivity contribution is 0.0698. The molecular weight excluding hydrogens is 252 g/mol. The number of carbonyl (C=O) groups is 1. The van der Waals surface area contributed by atoms with Crippen molar-refractivity contribution in [3.8, 4) is 0 Å². The summed E-state index contributed by atoms with van der Waals surface area (Å²) >= 11 is 0. The Kier molecular flexibility index (Phi) is 4.14. The summed E-state index contributed by atoms with van der Waals surface area (Å²) in [6, 6.07) is 8.14. The minimum absolute atomic E-state index is 0.219. The number of carboxylic acids is 1. The molecule has 0 bridgehead atoms. The molecule has 2 rings (SSSR count). The van der Waals surface area contributed by atoms with E-state index in [1.807, 2.05) is 6.07 Å². The van der Waals surface area contributed by atoms with E-state index in [0.29, 0.717) is 11.6 Å². The van der Waals surface area contributed by atoms with Gasteiger partial charge in [0.25, 0.3) is 0 Å². The monoisotopic (exact) mass is 274 g/mol. The average Bonchev–Trinajstić information content (AvgIpc) is 2.73. The number of fused-ring (bicyclic) bond motifs is 1. The number of aromatic carboxylic acids is 1. The molecule has 108 valence electrons. The zero-order chi connectivity index (χ0) is 14.9. The van der Waals surface area contributed by atoms with Crippen molar-refractivity contribution >= 4 is 16.9 Å². The number of hydrogen-bond donors (Lipinski definition) is 2. The van der Waals surface area contributed by atoms with E-state index in [0.717, 1.165) is 23.1 Å². The fourth-order valence-electron chi connectivity index (χ4n) is 2.55. The van der Waals surface area contributed by atoms with Gasteiger partial charge in [0.05, 0.1) is 11.1 Å². The van der Waals surface area contributed by atoms with Gasteiger partial charge < -0.3 is 15.0 Å². The van der Waals surface area contributed by atoms with Crippen LogP contribution in [0.15, 0.2) is 24.3 Å². The molecule has 1 aromatic heterocycles. The maximum absolute atomic E-state index is 11.4. The molecule has 0 aliphatic rings. The Balaban J connectivity index is 2.62. The molecule has 20 heavy (non-hydrogen) atoms. The number of para-hydroxylation sites is 1. The highest BCUT2D eigenvalue weighted by molar-refractivity contribution is 6.02. The third-order valence-electron chi connectivity index (χ3n) is 3.38. The van der Waals surface area contributed by atoms with E-state index in [-0.39, 0.29) is 6.04 Å². The van der Waals surface area contributed by atoms with Crippen LogP contribution in [0.25, 0.3) is 10.9 Å². The second-order valence-corrected chi connectivity index (χ2v) is 5.68. The fourth-order valence-corrected chi connectivity index (χ4v) is 2.55. The molecule has 1 heterocycles. The number of aromatic nitrogens is 1. The minimum Gasteiger partial charge on any atom is -0.478 e. The SMILES string of the molecule is CC(C)NCc1cc2cccc(C(=O)O)c2n1C(C)C. The van der Waals surface area contributed by atoms with Gasteiger partial charge in [-0.3, -0.25) is 0 Å². The second kappa shape index (κ2) is 5.67. The first-order valence-electron chi connectivity index (χ1n) is 7.01. The summed E-state index contributed by atoms with van der Waals surface area (Å²) in [6.45, 7) is 9.10. The molecule has 2 N–H and O–H groups in total. The van der Waals surface area contributed by atoms with Crippen LogP contribution in [0.3, 0.4) is 0 Å². The summed E-state index contributed by atoms with van der Waals surface area (Å²) in [4.78, 5) is 11.4. The van der Waals surface area contributed by atoms with Crippen molar-refractivity contribution in [1.82, 2.24) is 9.88 Å². The van der Waals surface area contributed by atoms with Gasteiger partial charge in [-0.2, -0.15) is 0 Å². The third-order valence-corrected chi connectivity index (χ3v) is 3.38. The molecule has 0 aliphatic carbocycles. The second-order valence-electron chi connectivity index (χ2n) is 5.68. The Morgan fingerprint density at radius 1 is 1.30 bits per heavy atom. The number of hydrogen-bond acceptors (Lipinski definition) is 2. The number of nitrogens with one attached hydrogen (secondary N) is 1. The quantitative estimate of drug-likeness (QED) is 0.878. The largest absolute Gasteiger partial charge is 0.478 e. The summed E-state index contributed by atoms with van der Waals surface area (Å²) in [5.41, 5.74) is 2.31. The zero-order valence-electron chi connectivity index (χ0n) is 12.5. The lowest BCUT2D eigenvalue weighted by Gasteiger charge is -2.17. The Morgan fingerprint density at radius 3 is 2.55 bits per heavy atom. The molecule has 0 saturated heterocycles. The van der Waals surface area contributed by atoms with E-state index >= 15 is 0 Å². The first kappa shape index (κ1) is 14.6. The van der Waals surface area contributed by atoms with Gasteiger partial charge in [0.1, 0.15) is 0 Å². The number of nitrogens with zero attached hydrogens (tertiary/aromatic N) is 1. The van der Waals surface area contributed by atoms with Gasteiger partial charge >= 0.3 is 5.97 Å². The van der Waals surface area contributed by atoms with Crippen LogP contribution in [0.1, 0.15) is 49.8 Å². The smallest absolute Gasteiger partial charge is 0.337 e. The Bertz CT molecular complexity index is 627. The highest BCUT2D eigenvalue weighted by atomic mass is 16.4. The lowest BCUT2D eigenvalue weighted by Crippen LogP contribution is -2.24. The van der Waals surface area contributed by atoms with Crippen LogP contribution in [0.4, 0.5) is 0 Å². The first-order chi connectivity index (χ1) is 9.41. The molecule has 4 heteroatoms. The Hall–Kier alpha value is -1.81. The topological polar surface area (TPSA) is 54.3 Å². The molecule has 0 spiro atoms. The first-order valence-corrected chi connectivity index (χ1v) is 7.01. The maximum Gasteiger partial charge on any atom is 0.337 e. The summed E-state index contributed by atoms with van der Waals surface area (Å²) in [6.07, 6.45) is 0. The summed E-state index contributed by atoms with van der Waals surface area (Å²) in [5.74, 6) is -0.876. The molecule has 0 saturated carbocycles. The van der Waals surface area contributed by atoms with Crippen LogP contribution in [0.2, 0.25) is 0 Å². The van der Waals surface area contributed by atoms with E-state index in [9.17, 15) is 9.90 Å². The maximum atomic E-state index is 11.4. The van der Waals surface area contributed by atoms with Crippen molar-refractivity contribution in [2.45, 2.75) is 46.3 Å². The number of rotatable bonds is 5. The highest BCUT2D eigenvalue weighted by Gasteiger charge is 2.17. The van der Waals surface area contributed by atoms with Crippen LogP contribution in [0.5, 0.6) is 0 Å². The van der Waals surface area contributed by atoms with Gasteiger partial charge in [0, 0.05) is 29.7 Å². The molecular formula is C16H22N2O2. The standard InChI is InChI=1S/C16H22N2O2/c1-10(2)17-9-13-8-12-6-5-7-14(16(19)20)15(12)18(13)11(3)4/h5-8,10-11,17H,9H2,1-4H3,(H,19,20). The van der Waals surface area contributed by atoms with E-state index in [2.05, 4.69) is 43.6 Å². The van der Waals surface area contributed by atoms with E-state index in [1.54, 1.807) is 12.1 Å². The van der Waals surface area contributed by atoms with Crippen molar-refractivity contribution in [3.05, 3.63) is 35.5 Å². The molecule has 0 fully saturated rings. The fraction of sp³-hybridized carbons (Fsp3) is 0.438. The van der Waals surface area contributed by atoms with Crippen molar-refractivity contribution in [2.24, 2.45) is 0 Å². The molecule has 0 amide bonds. The molecule has 1 aromatic carbocycles. The Labute approximate surface area is 119 Å². The van der Waals surface area contributed by atoms with Crippen molar-refractivity contribution in [3.63, 3.8) is 0 Å². The lowest BCUT2D eigenvalue weighted by atomic mass is 10.1. The normalized spacial score (nSPS) is 11.7. The van der Waals surface area contributed by atoms with Crippen LogP contribution in [-0.2, 0) is 6.54 Å². The average molecular weight is 274 g/mol. The van der Waals surface area contributed by atoms with Gasteiger partial charge in [0.15, 0.2) is 0 Å². The van der Waals surface area contributed by atoms with E-state index in [4.69, 9.17) is 0 Å². The van der Waals surface area contributed by atoms with Crippen LogP contribution < -0.4 is 5.32 Å². The highest BCUT2D eigenvalue weighted by Crippen LogP contribution is 2.27. The molecule has 4 nitrogen and oxygen atoms in total. The van der Waals surface area contributed by atoms with Gasteiger partial charge in [-0.1, -0.05) is 26.0 Å². The van der Waals surface area contributed by atoms with Gasteiger partial charge in [-0.05, 0) is 26.0 Å². The summed E-state index contributed by atoms with van der Waals surface area (Å²) in [5, 5.41) is 13.8. The van der Waals surface area contributed by atoms with Crippen molar-refractivity contribution in [1.29, 1.82) is 0 Å². The third kappa shape index (κ3) is 2.70. The molecule has 0 aliphatic heterocycles. The summed E-state index contributed by atoms with van der Waals surface area (Å²) in [7, 11) is 0. The van der Waals surface area contributed by atoms with E-state index in [1.165, 1.54) is 0 Å². The number of benzene rings is 1. The Morgan fingerprint density at radius 2 is 2.00 bits per heavy atom. The molecule has 2 aromatic rings. The van der Waals surface area contributed by atoms with Gasteiger partial charge in [-0.15, -0.1) is 0 Å². The summed E-state index contributed by atoms with van der Waals surface area (Å²) < 4.78 is 2.12. The van der Waals surface area contributed by atoms with Gasteiger partial charge in [0.2, 0.25) is 0 Å². The van der Waals surface area contributed by atoms with Crippen molar-refractivity contribution < 1.29 is 9.90 Å². The molecule has 0 radical (unpaired) electrons. The molecule has 0 atom stereocenters. The molecule has 0 unspecified atom stereocenters. The predicted molar refractivity (Wildman–Crippen MR) is 81.3 cm³/mol. The van der Waals surface area contributed by atoms with Crippen molar-refractivity contribution in [2.75, 3.05) is 0 Å². The number of carboxylic acid groups (broad SMARTS) is 1. The minimum atomic E-state index is -0.876. The van der Waals surface area contributed by atoms with E-state index < -0.39 is 5.97 Å². The van der Waals surface area contributed by atoms with Crippen LogP contribution in [0, 0.1) is 0 Å². The van der Waals surface area contributed by atoms with Crippen LogP contribution in [-0.4, -0.2) is 21.7 Å².